The molecule has 0 aromatic heterocycles. The van der Waals surface area contributed by atoms with E-state index in [1.165, 1.54) is 0 Å². The van der Waals surface area contributed by atoms with Crippen molar-refractivity contribution in [2.24, 2.45) is 5.92 Å². The van der Waals surface area contributed by atoms with E-state index in [1.54, 1.807) is 13.8 Å². The van der Waals surface area contributed by atoms with Crippen LogP contribution in [0.4, 0.5) is 0 Å². The predicted molar refractivity (Wildman–Crippen MR) is 67.1 cm³/mol. The molecule has 0 saturated carbocycles. The number of Topliss-reactive ketones (excluding diaryl/α,β-unsaturated/α-hetero) is 1. The Morgan fingerprint density at radius 1 is 1.05 bits per heavy atom. The minimum Gasteiger partial charge on any atom is -0.478 e. The fraction of sp³-hybridized carbons (Fsp3) is 0.750. The fourth-order valence-electron chi connectivity index (χ4n) is 1.42. The summed E-state index contributed by atoms with van der Waals surface area (Å²) in [5.74, 6) is -4.39. The average Bonchev–Trinajstić information content (AvgIpc) is 2.40. The van der Waals surface area contributed by atoms with Gasteiger partial charge < -0.3 is 30.3 Å². The fourth-order valence-corrected chi connectivity index (χ4v) is 1.42. The summed E-state index contributed by atoms with van der Waals surface area (Å²) in [5, 5.41) is 45.6. The average molecular weight is 308 g/mol. The van der Waals surface area contributed by atoms with Gasteiger partial charge in [-0.3, -0.25) is 4.79 Å². The molecule has 0 heterocycles. The Hall–Kier alpha value is -1.55. The molecule has 0 fully saturated rings. The van der Waals surface area contributed by atoms with Gasteiger partial charge in [-0.1, -0.05) is 13.8 Å². The highest BCUT2D eigenvalue weighted by molar-refractivity contribution is 6.33. The molecular weight excluding hydrogens is 288 g/mol. The first-order chi connectivity index (χ1) is 9.61. The zero-order valence-electron chi connectivity index (χ0n) is 11.7. The van der Waals surface area contributed by atoms with Crippen molar-refractivity contribution in [1.82, 2.24) is 0 Å². The maximum atomic E-state index is 11.4. The predicted octanol–water partition coefficient (Wildman–Crippen LogP) is -2.33. The molecule has 0 aliphatic carbocycles. The van der Waals surface area contributed by atoms with Crippen molar-refractivity contribution >= 4 is 17.7 Å². The topological polar surface area (TPSA) is 162 Å². The summed E-state index contributed by atoms with van der Waals surface area (Å²) >= 11 is 0. The number of rotatable bonds is 9. The number of carbonyl (C=O) groups excluding carboxylic acids is 2. The van der Waals surface area contributed by atoms with E-state index in [0.29, 0.717) is 0 Å². The molecule has 0 aliphatic rings. The van der Waals surface area contributed by atoms with Crippen molar-refractivity contribution in [2.45, 2.75) is 44.7 Å². The molecule has 0 bridgehead atoms. The molecule has 0 aromatic carbocycles. The van der Waals surface area contributed by atoms with E-state index in [9.17, 15) is 24.6 Å². The van der Waals surface area contributed by atoms with E-state index in [-0.39, 0.29) is 12.3 Å². The largest absolute Gasteiger partial charge is 0.478 e. The molecule has 122 valence electrons. The standard InChI is InChI=1S/C12H20O9/c1-5(2)3-6(14)12(20)21-10(11(18)19)9(17)8(16)7(15)4-13/h5,7-10,13,15-17H,3-4H2,1-2H3,(H,18,19)/t7-,8+,9+,10-/m1/s1. The third kappa shape index (κ3) is 6.17. The number of esters is 1. The van der Waals surface area contributed by atoms with Crippen LogP contribution in [0.5, 0.6) is 0 Å². The quantitative estimate of drug-likeness (QED) is 0.232. The first-order valence-electron chi connectivity index (χ1n) is 6.23. The van der Waals surface area contributed by atoms with E-state index in [2.05, 4.69) is 4.74 Å². The number of aliphatic hydroxyl groups excluding tert-OH is 4. The van der Waals surface area contributed by atoms with Gasteiger partial charge in [-0.05, 0) is 5.92 Å². The maximum Gasteiger partial charge on any atom is 0.375 e. The molecule has 0 unspecified atom stereocenters. The number of hydrogen-bond acceptors (Lipinski definition) is 8. The molecule has 0 spiro atoms. The lowest BCUT2D eigenvalue weighted by molar-refractivity contribution is -0.183. The minimum atomic E-state index is -2.25. The van der Waals surface area contributed by atoms with Crippen molar-refractivity contribution in [1.29, 1.82) is 0 Å². The van der Waals surface area contributed by atoms with E-state index in [1.807, 2.05) is 0 Å². The molecule has 0 amide bonds. The van der Waals surface area contributed by atoms with Gasteiger partial charge >= 0.3 is 11.9 Å². The highest BCUT2D eigenvalue weighted by Crippen LogP contribution is 2.11. The number of aliphatic hydroxyl groups is 4. The number of carboxylic acid groups (broad SMARTS) is 1. The third-order valence-electron chi connectivity index (χ3n) is 2.54. The van der Waals surface area contributed by atoms with Gasteiger partial charge in [-0.15, -0.1) is 0 Å². The summed E-state index contributed by atoms with van der Waals surface area (Å²) in [5.41, 5.74) is 0. The first kappa shape index (κ1) is 19.4. The lowest BCUT2D eigenvalue weighted by Gasteiger charge is -2.25. The van der Waals surface area contributed by atoms with Crippen molar-refractivity contribution in [3.05, 3.63) is 0 Å². The number of hydrogen-bond donors (Lipinski definition) is 5. The van der Waals surface area contributed by atoms with Gasteiger partial charge in [0.25, 0.3) is 0 Å². The first-order valence-corrected chi connectivity index (χ1v) is 6.23. The molecule has 5 N–H and O–H groups in total. The monoisotopic (exact) mass is 308 g/mol. The Bertz CT molecular complexity index is 379. The second-order valence-corrected chi connectivity index (χ2v) is 4.92. The summed E-state index contributed by atoms with van der Waals surface area (Å²) in [4.78, 5) is 33.7. The smallest absolute Gasteiger partial charge is 0.375 e. The maximum absolute atomic E-state index is 11.4. The number of aliphatic carboxylic acids is 1. The normalized spacial score (nSPS) is 16.9. The van der Waals surface area contributed by atoms with E-state index < -0.39 is 48.7 Å². The van der Waals surface area contributed by atoms with Crippen LogP contribution in [0.2, 0.25) is 0 Å². The van der Waals surface area contributed by atoms with Crippen LogP contribution in [0.1, 0.15) is 20.3 Å². The van der Waals surface area contributed by atoms with Crippen molar-refractivity contribution in [3.8, 4) is 0 Å². The number of carboxylic acids is 1. The Morgan fingerprint density at radius 3 is 1.95 bits per heavy atom. The Morgan fingerprint density at radius 2 is 1.57 bits per heavy atom. The second kappa shape index (κ2) is 8.67. The molecule has 4 atom stereocenters. The lowest BCUT2D eigenvalue weighted by Crippen LogP contribution is -2.50. The highest BCUT2D eigenvalue weighted by Gasteiger charge is 2.39. The van der Waals surface area contributed by atoms with Crippen LogP contribution in [-0.4, -0.2) is 74.3 Å². The summed E-state index contributed by atoms with van der Waals surface area (Å²) in [6, 6.07) is 0. The number of ketones is 1. The summed E-state index contributed by atoms with van der Waals surface area (Å²) in [6.07, 6.45) is -8.51. The Labute approximate surface area is 120 Å². The van der Waals surface area contributed by atoms with Gasteiger partial charge in [0.2, 0.25) is 11.9 Å². The molecule has 9 heteroatoms. The molecule has 0 saturated heterocycles. The molecule has 0 rings (SSSR count). The van der Waals surface area contributed by atoms with Gasteiger partial charge in [0.05, 0.1) is 6.61 Å². The highest BCUT2D eigenvalue weighted by atomic mass is 16.6. The zero-order valence-corrected chi connectivity index (χ0v) is 11.7. The van der Waals surface area contributed by atoms with Gasteiger partial charge in [-0.2, -0.15) is 0 Å². The molecule has 0 aromatic rings. The summed E-state index contributed by atoms with van der Waals surface area (Å²) in [7, 11) is 0. The lowest BCUT2D eigenvalue weighted by atomic mass is 10.0. The van der Waals surface area contributed by atoms with E-state index >= 15 is 0 Å². The van der Waals surface area contributed by atoms with Crippen molar-refractivity contribution in [2.75, 3.05) is 6.61 Å². The van der Waals surface area contributed by atoms with Crippen LogP contribution >= 0.6 is 0 Å². The molecule has 9 nitrogen and oxygen atoms in total. The number of carbonyl (C=O) groups is 3. The van der Waals surface area contributed by atoms with Gasteiger partial charge in [-0.25, -0.2) is 9.59 Å². The van der Waals surface area contributed by atoms with Crippen molar-refractivity contribution in [3.63, 3.8) is 0 Å². The molecular formula is C12H20O9. The van der Waals surface area contributed by atoms with Crippen LogP contribution in [-0.2, 0) is 19.1 Å². The molecule has 21 heavy (non-hydrogen) atoms. The van der Waals surface area contributed by atoms with Gasteiger partial charge in [0, 0.05) is 6.42 Å². The van der Waals surface area contributed by atoms with Crippen LogP contribution in [0.3, 0.4) is 0 Å². The summed E-state index contributed by atoms with van der Waals surface area (Å²) in [6.45, 7) is 2.39. The summed E-state index contributed by atoms with van der Waals surface area (Å²) < 4.78 is 4.36. The van der Waals surface area contributed by atoms with Crippen LogP contribution < -0.4 is 0 Å². The van der Waals surface area contributed by atoms with E-state index in [0.717, 1.165) is 0 Å². The Kier molecular flexibility index (Phi) is 8.03. The van der Waals surface area contributed by atoms with Gasteiger partial charge in [0.15, 0.2) is 0 Å². The third-order valence-corrected chi connectivity index (χ3v) is 2.54. The van der Waals surface area contributed by atoms with Crippen molar-refractivity contribution < 1.29 is 44.7 Å². The molecule has 0 aliphatic heterocycles. The van der Waals surface area contributed by atoms with Crippen LogP contribution in [0, 0.1) is 5.92 Å². The SMILES string of the molecule is CC(C)CC(=O)C(=O)O[C@@H](C(=O)O)[C@@H](O)[C@@H](O)[C@H](O)CO. The second-order valence-electron chi connectivity index (χ2n) is 4.92. The zero-order chi connectivity index (χ0) is 16.7. The Balaban J connectivity index is 4.88. The van der Waals surface area contributed by atoms with E-state index in [4.69, 9.17) is 15.3 Å². The molecule has 0 radical (unpaired) electrons. The van der Waals surface area contributed by atoms with Crippen LogP contribution in [0.15, 0.2) is 0 Å². The number of ether oxygens (including phenoxy) is 1. The van der Waals surface area contributed by atoms with Gasteiger partial charge in [0.1, 0.15) is 18.3 Å². The minimum absolute atomic E-state index is 0.153. The van der Waals surface area contributed by atoms with Crippen LogP contribution in [0.25, 0.3) is 0 Å².